The lowest BCUT2D eigenvalue weighted by Gasteiger charge is -2.41. The number of nitrogens with zero attached hydrogens (tertiary/aromatic N) is 4. The molecule has 0 amide bonds. The summed E-state index contributed by atoms with van der Waals surface area (Å²) < 4.78 is 11.6. The standard InChI is InChI=1S/C22H27N5O4/c1-21(19(30-2)17(29)16(10-28)31-21)27-12-25-18-20(27)24-11-26-22(18,23)15-9-5-7-13-6-3-4-8-14(13)15/h3-4,6,8-9,11,16-17,19,28-29H,5,7,10,12,23H2,1-2H3/t16-,17-,19-,21-,22?/m1/s1. The second-order valence-electron chi connectivity index (χ2n) is 8.39. The van der Waals surface area contributed by atoms with Gasteiger partial charge in [-0.05, 0) is 30.9 Å². The normalized spacial score (nSPS) is 36.6. The Kier molecular flexibility index (Phi) is 4.83. The summed E-state index contributed by atoms with van der Waals surface area (Å²) in [7, 11) is 1.51. The van der Waals surface area contributed by atoms with Crippen LogP contribution in [-0.2, 0) is 15.9 Å². The SMILES string of the molecule is CO[C@@H]1[C@H](O)[C@@H](CO)O[C@@]1(C)N1CN=C2C1=NC=NC2(N)C1=CCCc2ccccc21. The van der Waals surface area contributed by atoms with E-state index in [0.717, 1.165) is 24.0 Å². The van der Waals surface area contributed by atoms with Gasteiger partial charge in [-0.2, -0.15) is 0 Å². The van der Waals surface area contributed by atoms with E-state index in [9.17, 15) is 10.2 Å². The van der Waals surface area contributed by atoms with Gasteiger partial charge in [0.25, 0.3) is 0 Å². The number of aliphatic hydroxyl groups is 2. The molecule has 4 N–H and O–H groups in total. The van der Waals surface area contributed by atoms with Gasteiger partial charge in [0.05, 0.1) is 6.61 Å². The van der Waals surface area contributed by atoms with Gasteiger partial charge in [0.15, 0.2) is 17.2 Å². The van der Waals surface area contributed by atoms with Crippen LogP contribution in [0.15, 0.2) is 45.3 Å². The van der Waals surface area contributed by atoms with Crippen molar-refractivity contribution in [3.8, 4) is 0 Å². The van der Waals surface area contributed by atoms with Gasteiger partial charge in [0, 0.05) is 12.7 Å². The summed E-state index contributed by atoms with van der Waals surface area (Å²) in [5, 5.41) is 20.2. The van der Waals surface area contributed by atoms with Crippen molar-refractivity contribution in [1.29, 1.82) is 0 Å². The van der Waals surface area contributed by atoms with Crippen molar-refractivity contribution in [3.63, 3.8) is 0 Å². The molecular formula is C22H27N5O4. The van der Waals surface area contributed by atoms with E-state index < -0.39 is 29.7 Å². The molecule has 0 saturated carbocycles. The second-order valence-corrected chi connectivity index (χ2v) is 8.39. The van der Waals surface area contributed by atoms with Crippen LogP contribution >= 0.6 is 0 Å². The number of fused-ring (bicyclic) bond motifs is 2. The number of aliphatic imine (C=N–C) groups is 3. The lowest BCUT2D eigenvalue weighted by atomic mass is 9.81. The van der Waals surface area contributed by atoms with E-state index in [1.165, 1.54) is 19.0 Å². The first-order chi connectivity index (χ1) is 14.9. The van der Waals surface area contributed by atoms with Crippen LogP contribution in [0.3, 0.4) is 0 Å². The minimum absolute atomic E-state index is 0.229. The Balaban J connectivity index is 1.52. The van der Waals surface area contributed by atoms with Gasteiger partial charge in [0.2, 0.25) is 0 Å². The van der Waals surface area contributed by atoms with E-state index in [4.69, 9.17) is 20.2 Å². The summed E-state index contributed by atoms with van der Waals surface area (Å²) in [6.45, 7) is 1.71. The lowest BCUT2D eigenvalue weighted by molar-refractivity contribution is -0.154. The Morgan fingerprint density at radius 1 is 1.35 bits per heavy atom. The summed E-state index contributed by atoms with van der Waals surface area (Å²) in [6.07, 6.45) is 2.96. The van der Waals surface area contributed by atoms with Crippen molar-refractivity contribution >= 4 is 23.5 Å². The van der Waals surface area contributed by atoms with Crippen LogP contribution in [0.2, 0.25) is 0 Å². The molecule has 1 saturated heterocycles. The number of hydrogen-bond acceptors (Lipinski definition) is 9. The van der Waals surface area contributed by atoms with E-state index in [2.05, 4.69) is 28.2 Å². The maximum absolute atomic E-state index is 10.6. The Hall–Kier alpha value is -2.43. The molecule has 5 atom stereocenters. The highest BCUT2D eigenvalue weighted by Gasteiger charge is 2.59. The van der Waals surface area contributed by atoms with Crippen LogP contribution in [0.5, 0.6) is 0 Å². The van der Waals surface area contributed by atoms with Crippen molar-refractivity contribution in [2.45, 2.75) is 49.5 Å². The number of benzene rings is 1. The minimum atomic E-state index is -1.17. The molecule has 9 nitrogen and oxygen atoms in total. The van der Waals surface area contributed by atoms with Gasteiger partial charge >= 0.3 is 0 Å². The number of nitrogens with two attached hydrogens (primary N) is 1. The number of rotatable bonds is 4. The highest BCUT2D eigenvalue weighted by molar-refractivity contribution is 6.49. The quantitative estimate of drug-likeness (QED) is 0.638. The van der Waals surface area contributed by atoms with Gasteiger partial charge in [-0.1, -0.05) is 30.3 Å². The molecule has 1 aromatic carbocycles. The number of hydrogen-bond donors (Lipinski definition) is 3. The third kappa shape index (κ3) is 2.85. The number of ether oxygens (including phenoxy) is 2. The topological polar surface area (TPSA) is 125 Å². The van der Waals surface area contributed by atoms with Crippen LogP contribution in [-0.4, -0.2) is 83.1 Å². The zero-order chi connectivity index (χ0) is 21.8. The van der Waals surface area contributed by atoms with Gasteiger partial charge < -0.3 is 24.6 Å². The molecule has 164 valence electrons. The predicted molar refractivity (Wildman–Crippen MR) is 117 cm³/mol. The first-order valence-electron chi connectivity index (χ1n) is 10.5. The zero-order valence-corrected chi connectivity index (χ0v) is 17.6. The molecule has 5 rings (SSSR count). The predicted octanol–water partition coefficient (Wildman–Crippen LogP) is 0.309. The lowest BCUT2D eigenvalue weighted by Crippen LogP contribution is -2.61. The molecule has 31 heavy (non-hydrogen) atoms. The van der Waals surface area contributed by atoms with E-state index in [0.29, 0.717) is 11.5 Å². The number of aliphatic hydroxyl groups excluding tert-OH is 2. The van der Waals surface area contributed by atoms with E-state index in [1.807, 2.05) is 17.0 Å². The molecular weight excluding hydrogens is 398 g/mol. The maximum atomic E-state index is 10.6. The van der Waals surface area contributed by atoms with Gasteiger partial charge in [-0.25, -0.2) is 9.98 Å². The van der Waals surface area contributed by atoms with Gasteiger partial charge in [0.1, 0.15) is 37.0 Å². The summed E-state index contributed by atoms with van der Waals surface area (Å²) in [4.78, 5) is 15.6. The fourth-order valence-corrected chi connectivity index (χ4v) is 5.13. The molecule has 3 aliphatic heterocycles. The monoisotopic (exact) mass is 425 g/mol. The number of methoxy groups -OCH3 is 1. The Morgan fingerprint density at radius 3 is 2.94 bits per heavy atom. The molecule has 1 fully saturated rings. The van der Waals surface area contributed by atoms with Crippen LogP contribution in [0.1, 0.15) is 24.5 Å². The Labute approximate surface area is 180 Å². The summed E-state index contributed by atoms with van der Waals surface area (Å²) >= 11 is 0. The molecule has 9 heteroatoms. The van der Waals surface area contributed by atoms with E-state index in [-0.39, 0.29) is 13.3 Å². The summed E-state index contributed by atoms with van der Waals surface area (Å²) in [6, 6.07) is 8.21. The van der Waals surface area contributed by atoms with E-state index >= 15 is 0 Å². The van der Waals surface area contributed by atoms with Crippen molar-refractivity contribution in [2.24, 2.45) is 20.7 Å². The smallest absolute Gasteiger partial charge is 0.182 e. The number of allylic oxidation sites excluding steroid dienone is 1. The first kappa shape index (κ1) is 20.5. The Morgan fingerprint density at radius 2 is 2.16 bits per heavy atom. The third-order valence-corrected chi connectivity index (χ3v) is 6.70. The molecule has 1 aliphatic carbocycles. The minimum Gasteiger partial charge on any atom is -0.394 e. The van der Waals surface area contributed by atoms with Crippen LogP contribution in [0.25, 0.3) is 5.57 Å². The van der Waals surface area contributed by atoms with Crippen molar-refractivity contribution in [2.75, 3.05) is 20.4 Å². The second kappa shape index (κ2) is 7.32. The van der Waals surface area contributed by atoms with E-state index in [1.54, 1.807) is 6.92 Å². The first-order valence-corrected chi connectivity index (χ1v) is 10.5. The fourth-order valence-electron chi connectivity index (χ4n) is 5.13. The highest BCUT2D eigenvalue weighted by Crippen LogP contribution is 2.41. The fraction of sp³-hybridized carbons (Fsp3) is 0.500. The van der Waals surface area contributed by atoms with Gasteiger partial charge in [-0.3, -0.25) is 10.7 Å². The van der Waals surface area contributed by atoms with Crippen molar-refractivity contribution in [1.82, 2.24) is 4.90 Å². The highest BCUT2D eigenvalue weighted by atomic mass is 16.6. The average molecular weight is 425 g/mol. The molecule has 4 aliphatic rings. The largest absolute Gasteiger partial charge is 0.394 e. The van der Waals surface area contributed by atoms with Crippen molar-refractivity contribution in [3.05, 3.63) is 41.5 Å². The molecule has 3 heterocycles. The van der Waals surface area contributed by atoms with Gasteiger partial charge in [-0.15, -0.1) is 0 Å². The molecule has 0 radical (unpaired) electrons. The Bertz CT molecular complexity index is 1020. The van der Waals surface area contributed by atoms with Crippen LogP contribution in [0.4, 0.5) is 0 Å². The zero-order valence-electron chi connectivity index (χ0n) is 17.6. The number of amidine groups is 1. The molecule has 0 spiro atoms. The maximum Gasteiger partial charge on any atom is 0.182 e. The molecule has 1 unspecified atom stereocenters. The average Bonchev–Trinajstić information content (AvgIpc) is 3.33. The molecule has 0 bridgehead atoms. The van der Waals surface area contributed by atoms with Crippen molar-refractivity contribution < 1.29 is 19.7 Å². The third-order valence-electron chi connectivity index (χ3n) is 6.70. The number of aryl methyl sites for hydroxylation is 1. The van der Waals surface area contributed by atoms with Crippen LogP contribution in [0, 0.1) is 0 Å². The van der Waals surface area contributed by atoms with Crippen LogP contribution < -0.4 is 5.73 Å². The molecule has 0 aromatic heterocycles. The summed E-state index contributed by atoms with van der Waals surface area (Å²) in [5.41, 5.74) is 8.44. The summed E-state index contributed by atoms with van der Waals surface area (Å²) in [5.74, 6) is 0.539. The molecule has 1 aromatic rings.